The maximum atomic E-state index is 9.62. The van der Waals surface area contributed by atoms with Gasteiger partial charge in [0.1, 0.15) is 11.9 Å². The molecule has 0 unspecified atom stereocenters. The van der Waals surface area contributed by atoms with Crippen molar-refractivity contribution < 1.29 is 0 Å². The average Bonchev–Trinajstić information content (AvgIpc) is 2.89. The zero-order valence-electron chi connectivity index (χ0n) is 15.0. The van der Waals surface area contributed by atoms with Gasteiger partial charge in [0, 0.05) is 38.6 Å². The number of pyridine rings is 1. The van der Waals surface area contributed by atoms with E-state index in [-0.39, 0.29) is 0 Å². The number of benzene rings is 1. The molecule has 2 heterocycles. The van der Waals surface area contributed by atoms with Crippen LogP contribution in [0.5, 0.6) is 0 Å². The largest absolute Gasteiger partial charge is 0.366 e. The summed E-state index contributed by atoms with van der Waals surface area (Å²) in [7, 11) is 1.86. The van der Waals surface area contributed by atoms with Crippen molar-refractivity contribution in [2.45, 2.75) is 20.3 Å². The van der Waals surface area contributed by atoms with E-state index in [2.05, 4.69) is 41.1 Å². The summed E-state index contributed by atoms with van der Waals surface area (Å²) in [5, 5.41) is 14.5. The lowest BCUT2D eigenvalue weighted by Gasteiger charge is -2.25. The van der Waals surface area contributed by atoms with E-state index in [1.54, 1.807) is 0 Å². The SMILES string of the molecule is CNC(=S)N1CCCN(c2nc3c(C)c(C)ccc3cc2C#N)CC1. The van der Waals surface area contributed by atoms with Crippen molar-refractivity contribution in [2.24, 2.45) is 0 Å². The molecule has 1 aromatic heterocycles. The molecule has 0 spiro atoms. The molecule has 3 rings (SSSR count). The number of aryl methyl sites for hydroxylation is 2. The van der Waals surface area contributed by atoms with E-state index in [0.717, 1.165) is 54.4 Å². The van der Waals surface area contributed by atoms with E-state index in [9.17, 15) is 5.26 Å². The second kappa shape index (κ2) is 7.24. The number of thiocarbonyl (C=S) groups is 1. The Labute approximate surface area is 154 Å². The number of nitrogens with one attached hydrogen (secondary N) is 1. The zero-order valence-corrected chi connectivity index (χ0v) is 15.8. The minimum atomic E-state index is 0.639. The number of anilines is 1. The summed E-state index contributed by atoms with van der Waals surface area (Å²) in [6, 6.07) is 8.42. The van der Waals surface area contributed by atoms with Crippen molar-refractivity contribution in [2.75, 3.05) is 38.1 Å². The Morgan fingerprint density at radius 3 is 2.76 bits per heavy atom. The smallest absolute Gasteiger partial charge is 0.168 e. The molecule has 0 saturated carbocycles. The van der Waals surface area contributed by atoms with Crippen LogP contribution in [-0.4, -0.2) is 48.2 Å². The maximum absolute atomic E-state index is 9.62. The highest BCUT2D eigenvalue weighted by Gasteiger charge is 2.20. The van der Waals surface area contributed by atoms with Gasteiger partial charge in [-0.25, -0.2) is 4.98 Å². The predicted molar refractivity (Wildman–Crippen MR) is 106 cm³/mol. The monoisotopic (exact) mass is 353 g/mol. The van der Waals surface area contributed by atoms with Crippen LogP contribution in [0.3, 0.4) is 0 Å². The van der Waals surface area contributed by atoms with Gasteiger partial charge in [0.2, 0.25) is 0 Å². The Kier molecular flexibility index (Phi) is 5.05. The van der Waals surface area contributed by atoms with Crippen LogP contribution in [0.4, 0.5) is 5.82 Å². The molecule has 0 bridgehead atoms. The van der Waals surface area contributed by atoms with Crippen LogP contribution < -0.4 is 10.2 Å². The quantitative estimate of drug-likeness (QED) is 0.796. The average molecular weight is 353 g/mol. The topological polar surface area (TPSA) is 55.2 Å². The number of nitrogens with zero attached hydrogens (tertiary/aromatic N) is 4. The van der Waals surface area contributed by atoms with E-state index in [4.69, 9.17) is 17.2 Å². The lowest BCUT2D eigenvalue weighted by molar-refractivity contribution is 0.443. The lowest BCUT2D eigenvalue weighted by atomic mass is 10.0. The van der Waals surface area contributed by atoms with Crippen molar-refractivity contribution in [3.8, 4) is 6.07 Å². The molecular weight excluding hydrogens is 330 g/mol. The molecule has 0 amide bonds. The third kappa shape index (κ3) is 3.38. The highest BCUT2D eigenvalue weighted by Crippen LogP contribution is 2.27. The highest BCUT2D eigenvalue weighted by atomic mass is 32.1. The van der Waals surface area contributed by atoms with E-state index >= 15 is 0 Å². The molecule has 5 nitrogen and oxygen atoms in total. The first-order chi connectivity index (χ1) is 12.0. The lowest BCUT2D eigenvalue weighted by Crippen LogP contribution is -2.40. The number of aromatic nitrogens is 1. The van der Waals surface area contributed by atoms with Gasteiger partial charge < -0.3 is 15.1 Å². The molecule has 1 fully saturated rings. The number of rotatable bonds is 1. The summed E-state index contributed by atoms with van der Waals surface area (Å²) in [5.41, 5.74) is 4.02. The Balaban J connectivity index is 1.98. The fourth-order valence-electron chi connectivity index (χ4n) is 3.29. The van der Waals surface area contributed by atoms with Crippen LogP contribution in [0, 0.1) is 25.2 Å². The third-order valence-electron chi connectivity index (χ3n) is 4.91. The van der Waals surface area contributed by atoms with Gasteiger partial charge in [-0.3, -0.25) is 0 Å². The van der Waals surface area contributed by atoms with Gasteiger partial charge in [0.25, 0.3) is 0 Å². The third-order valence-corrected chi connectivity index (χ3v) is 5.37. The zero-order chi connectivity index (χ0) is 18.0. The molecule has 1 saturated heterocycles. The predicted octanol–water partition coefficient (Wildman–Crippen LogP) is 2.74. The first kappa shape index (κ1) is 17.4. The first-order valence-corrected chi connectivity index (χ1v) is 8.98. The molecule has 1 N–H and O–H groups in total. The summed E-state index contributed by atoms with van der Waals surface area (Å²) in [6.45, 7) is 7.62. The summed E-state index contributed by atoms with van der Waals surface area (Å²) in [5.74, 6) is 0.793. The van der Waals surface area contributed by atoms with E-state index in [1.165, 1.54) is 11.1 Å². The van der Waals surface area contributed by atoms with Crippen LogP contribution >= 0.6 is 12.2 Å². The summed E-state index contributed by atoms with van der Waals surface area (Å²) in [4.78, 5) is 9.30. The van der Waals surface area contributed by atoms with Crippen LogP contribution in [-0.2, 0) is 0 Å². The molecule has 1 aromatic carbocycles. The summed E-state index contributed by atoms with van der Waals surface area (Å²) in [6.07, 6.45) is 0.985. The molecule has 0 radical (unpaired) electrons. The van der Waals surface area contributed by atoms with Crippen LogP contribution in [0.25, 0.3) is 10.9 Å². The Bertz CT molecular complexity index is 855. The summed E-state index contributed by atoms with van der Waals surface area (Å²) >= 11 is 5.36. The molecule has 1 aliphatic heterocycles. The minimum Gasteiger partial charge on any atom is -0.366 e. The van der Waals surface area contributed by atoms with Gasteiger partial charge in [-0.2, -0.15) is 5.26 Å². The number of nitriles is 1. The van der Waals surface area contributed by atoms with Crippen molar-refractivity contribution in [1.82, 2.24) is 15.2 Å². The fraction of sp³-hybridized carbons (Fsp3) is 0.421. The molecule has 1 aliphatic rings. The Morgan fingerprint density at radius 2 is 2.04 bits per heavy atom. The molecule has 2 aromatic rings. The van der Waals surface area contributed by atoms with Crippen LogP contribution in [0.1, 0.15) is 23.1 Å². The summed E-state index contributed by atoms with van der Waals surface area (Å²) < 4.78 is 0. The van der Waals surface area contributed by atoms with Crippen LogP contribution in [0.15, 0.2) is 18.2 Å². The number of hydrogen-bond acceptors (Lipinski definition) is 4. The number of fused-ring (bicyclic) bond motifs is 1. The Hall–Kier alpha value is -2.39. The molecular formula is C19H23N5S. The van der Waals surface area contributed by atoms with Gasteiger partial charge in [-0.05, 0) is 49.7 Å². The Morgan fingerprint density at radius 1 is 1.24 bits per heavy atom. The standard InChI is InChI=1S/C19H23N5S/c1-13-5-6-15-11-16(12-20)18(22-17(15)14(13)2)23-7-4-8-24(10-9-23)19(25)21-3/h5-6,11H,4,7-10H2,1-3H3,(H,21,25). The molecule has 0 atom stereocenters. The van der Waals surface area contributed by atoms with E-state index in [1.807, 2.05) is 19.2 Å². The molecule has 0 aliphatic carbocycles. The van der Waals surface area contributed by atoms with E-state index < -0.39 is 0 Å². The minimum absolute atomic E-state index is 0.639. The fourth-order valence-corrected chi connectivity index (χ4v) is 3.47. The second-order valence-corrected chi connectivity index (χ2v) is 6.82. The molecule has 130 valence electrons. The van der Waals surface area contributed by atoms with Gasteiger partial charge in [0.15, 0.2) is 5.11 Å². The second-order valence-electron chi connectivity index (χ2n) is 6.43. The van der Waals surface area contributed by atoms with Gasteiger partial charge in [-0.15, -0.1) is 0 Å². The van der Waals surface area contributed by atoms with Gasteiger partial charge in [-0.1, -0.05) is 12.1 Å². The maximum Gasteiger partial charge on any atom is 0.168 e. The van der Waals surface area contributed by atoms with Gasteiger partial charge >= 0.3 is 0 Å². The van der Waals surface area contributed by atoms with Crippen molar-refractivity contribution >= 4 is 34.1 Å². The normalized spacial score (nSPS) is 15.0. The molecule has 6 heteroatoms. The highest BCUT2D eigenvalue weighted by molar-refractivity contribution is 7.80. The van der Waals surface area contributed by atoms with Crippen molar-refractivity contribution in [3.05, 3.63) is 34.9 Å². The van der Waals surface area contributed by atoms with Crippen molar-refractivity contribution in [1.29, 1.82) is 5.26 Å². The van der Waals surface area contributed by atoms with Crippen molar-refractivity contribution in [3.63, 3.8) is 0 Å². The number of hydrogen-bond donors (Lipinski definition) is 1. The van der Waals surface area contributed by atoms with Gasteiger partial charge in [0.05, 0.1) is 11.1 Å². The molecule has 25 heavy (non-hydrogen) atoms. The van der Waals surface area contributed by atoms with Crippen LogP contribution in [0.2, 0.25) is 0 Å². The van der Waals surface area contributed by atoms with E-state index in [0.29, 0.717) is 5.56 Å². The first-order valence-electron chi connectivity index (χ1n) is 8.58.